The van der Waals surface area contributed by atoms with Gasteiger partial charge in [-0.3, -0.25) is 0 Å². The molecule has 0 amide bonds. The molecular formula is C54H38N4S. The number of hydrogen-bond donors (Lipinski definition) is 0. The molecule has 0 bridgehead atoms. The van der Waals surface area contributed by atoms with Crippen molar-refractivity contribution >= 4 is 53.3 Å². The summed E-state index contributed by atoms with van der Waals surface area (Å²) in [6.07, 6.45) is 0. The summed E-state index contributed by atoms with van der Waals surface area (Å²) >= 11 is 1.84. The van der Waals surface area contributed by atoms with Gasteiger partial charge in [-0.2, -0.15) is 0 Å². The molecule has 0 radical (unpaired) electrons. The lowest BCUT2D eigenvalue weighted by Gasteiger charge is -2.17. The molecule has 11 rings (SSSR count). The lowest BCUT2D eigenvalue weighted by Crippen LogP contribution is -2.04. The van der Waals surface area contributed by atoms with E-state index in [1.54, 1.807) is 0 Å². The Morgan fingerprint density at radius 3 is 1.68 bits per heavy atom. The van der Waals surface area contributed by atoms with Gasteiger partial charge in [0.05, 0.1) is 16.7 Å². The fraction of sp³-hybridized carbons (Fsp3) is 0.0556. The van der Waals surface area contributed by atoms with E-state index in [0.717, 1.165) is 44.5 Å². The van der Waals surface area contributed by atoms with Crippen molar-refractivity contribution < 1.29 is 0 Å². The maximum Gasteiger partial charge on any atom is 0.166 e. The van der Waals surface area contributed by atoms with E-state index < -0.39 is 0 Å². The molecule has 5 heteroatoms. The third kappa shape index (κ3) is 6.01. The van der Waals surface area contributed by atoms with Crippen molar-refractivity contribution in [3.63, 3.8) is 0 Å². The molecule has 0 N–H and O–H groups in total. The average Bonchev–Trinajstić information content (AvgIpc) is 3.81. The summed E-state index contributed by atoms with van der Waals surface area (Å²) < 4.78 is 4.96. The maximum absolute atomic E-state index is 5.29. The molecule has 0 saturated carbocycles. The number of hydrogen-bond acceptors (Lipinski definition) is 4. The predicted octanol–water partition coefficient (Wildman–Crippen LogP) is 14.6. The van der Waals surface area contributed by atoms with E-state index in [-0.39, 0.29) is 0 Å². The van der Waals surface area contributed by atoms with E-state index in [0.29, 0.717) is 17.5 Å². The zero-order valence-corrected chi connectivity index (χ0v) is 33.8. The number of nitrogens with zero attached hydrogens (tertiary/aromatic N) is 4. The molecule has 0 unspecified atom stereocenters. The number of benzene rings is 8. The van der Waals surface area contributed by atoms with Gasteiger partial charge in [0.2, 0.25) is 0 Å². The quantitative estimate of drug-likeness (QED) is 0.169. The van der Waals surface area contributed by atoms with Crippen LogP contribution in [0.25, 0.3) is 104 Å². The number of aryl methyl sites for hydroxylation is 3. The molecule has 0 saturated heterocycles. The second-order valence-electron chi connectivity index (χ2n) is 15.4. The van der Waals surface area contributed by atoms with E-state index in [4.69, 9.17) is 15.0 Å². The maximum atomic E-state index is 5.29. The molecule has 280 valence electrons. The molecule has 0 spiro atoms. The van der Waals surface area contributed by atoms with Crippen LogP contribution in [0, 0.1) is 20.8 Å². The van der Waals surface area contributed by atoms with Gasteiger partial charge < -0.3 is 4.57 Å². The molecule has 8 aromatic carbocycles. The first-order valence-corrected chi connectivity index (χ1v) is 20.8. The van der Waals surface area contributed by atoms with Gasteiger partial charge in [-0.25, -0.2) is 15.0 Å². The number of aromatic nitrogens is 4. The monoisotopic (exact) mass is 774 g/mol. The summed E-state index contributed by atoms with van der Waals surface area (Å²) in [6.45, 7) is 6.61. The van der Waals surface area contributed by atoms with Crippen LogP contribution < -0.4 is 0 Å². The molecule has 0 atom stereocenters. The van der Waals surface area contributed by atoms with Crippen LogP contribution >= 0.6 is 11.3 Å². The van der Waals surface area contributed by atoms with Crippen LogP contribution in [0.3, 0.4) is 0 Å². The Morgan fingerprint density at radius 2 is 0.949 bits per heavy atom. The SMILES string of the molecule is Cc1cc(C)c(-c2ccc3c(c2)c2ccccc2n3-c2ccc(-c3ccc4c(c3)sc3ccccc34)cc2-c2nc(-c3ccccc3)nc(-c3ccccc3)n2)c(C)c1. The molecule has 4 nitrogen and oxygen atoms in total. The Hall–Kier alpha value is -7.21. The molecule has 0 aliphatic carbocycles. The Labute approximate surface area is 346 Å². The highest BCUT2D eigenvalue weighted by Gasteiger charge is 2.21. The first-order chi connectivity index (χ1) is 29.0. The van der Waals surface area contributed by atoms with E-state index in [1.807, 2.05) is 47.7 Å². The number of para-hydroxylation sites is 1. The van der Waals surface area contributed by atoms with Crippen LogP contribution in [0.2, 0.25) is 0 Å². The van der Waals surface area contributed by atoms with Crippen LogP contribution in [0.4, 0.5) is 0 Å². The van der Waals surface area contributed by atoms with Gasteiger partial charge in [0.15, 0.2) is 17.5 Å². The van der Waals surface area contributed by atoms with E-state index >= 15 is 0 Å². The molecule has 11 aromatic rings. The molecule has 0 aliphatic heterocycles. The van der Waals surface area contributed by atoms with Crippen molar-refractivity contribution in [3.05, 3.63) is 193 Å². The van der Waals surface area contributed by atoms with Gasteiger partial charge in [-0.05, 0) is 96.6 Å². The Morgan fingerprint density at radius 1 is 0.390 bits per heavy atom. The van der Waals surface area contributed by atoms with Crippen molar-refractivity contribution in [3.8, 4) is 62.1 Å². The van der Waals surface area contributed by atoms with Gasteiger partial charge in [-0.1, -0.05) is 139 Å². The van der Waals surface area contributed by atoms with Gasteiger partial charge >= 0.3 is 0 Å². The van der Waals surface area contributed by atoms with Crippen LogP contribution in [-0.4, -0.2) is 19.5 Å². The summed E-state index contributed by atoms with van der Waals surface area (Å²) in [4.78, 5) is 15.6. The molecule has 59 heavy (non-hydrogen) atoms. The molecule has 0 aliphatic rings. The smallest absolute Gasteiger partial charge is 0.166 e. The summed E-state index contributed by atoms with van der Waals surface area (Å²) in [5.41, 5.74) is 14.7. The highest BCUT2D eigenvalue weighted by atomic mass is 32.1. The summed E-state index contributed by atoms with van der Waals surface area (Å²) in [7, 11) is 0. The minimum absolute atomic E-state index is 0.617. The fourth-order valence-electron chi connectivity index (χ4n) is 8.95. The summed E-state index contributed by atoms with van der Waals surface area (Å²) in [6, 6.07) is 62.9. The zero-order chi connectivity index (χ0) is 39.6. The van der Waals surface area contributed by atoms with E-state index in [1.165, 1.54) is 58.8 Å². The van der Waals surface area contributed by atoms with Gasteiger partial charge in [0.1, 0.15) is 0 Å². The summed E-state index contributed by atoms with van der Waals surface area (Å²) in [5.74, 6) is 1.88. The van der Waals surface area contributed by atoms with Crippen molar-refractivity contribution in [1.82, 2.24) is 19.5 Å². The average molecular weight is 775 g/mol. The largest absolute Gasteiger partial charge is 0.309 e. The molecule has 3 aromatic heterocycles. The predicted molar refractivity (Wildman–Crippen MR) is 248 cm³/mol. The highest BCUT2D eigenvalue weighted by Crippen LogP contribution is 2.42. The molecule has 0 fully saturated rings. The number of thiophene rings is 1. The van der Waals surface area contributed by atoms with E-state index in [9.17, 15) is 0 Å². The first-order valence-electron chi connectivity index (χ1n) is 20.0. The Bertz CT molecular complexity index is 3330. The van der Waals surface area contributed by atoms with Crippen LogP contribution in [0.1, 0.15) is 16.7 Å². The zero-order valence-electron chi connectivity index (χ0n) is 32.9. The topological polar surface area (TPSA) is 43.6 Å². The fourth-order valence-corrected chi connectivity index (χ4v) is 10.1. The lowest BCUT2D eigenvalue weighted by molar-refractivity contribution is 1.06. The Balaban J connectivity index is 1.18. The highest BCUT2D eigenvalue weighted by molar-refractivity contribution is 7.25. The summed E-state index contributed by atoms with van der Waals surface area (Å²) in [5, 5.41) is 4.98. The van der Waals surface area contributed by atoms with E-state index in [2.05, 4.69) is 165 Å². The number of fused-ring (bicyclic) bond motifs is 6. The standard InChI is InChI=1S/C54H38N4S/c1-33-28-34(2)51(35(3)29-33)40-24-27-47-44(31-40)41-18-10-12-20-46(41)58(47)48-26-23-38(39-22-25-43-42-19-11-13-21-49(42)59-50(43)32-39)30-45(48)54-56-52(36-14-6-4-7-15-36)55-53(57-54)37-16-8-5-9-17-37/h4-32H,1-3H3. The third-order valence-electron chi connectivity index (χ3n) is 11.5. The van der Waals surface area contributed by atoms with Crippen LogP contribution in [0.5, 0.6) is 0 Å². The normalized spacial score (nSPS) is 11.6. The lowest BCUT2D eigenvalue weighted by atomic mass is 9.93. The van der Waals surface area contributed by atoms with Crippen LogP contribution in [-0.2, 0) is 0 Å². The second kappa shape index (κ2) is 14.0. The Kier molecular flexibility index (Phi) is 8.31. The van der Waals surface area contributed by atoms with Crippen molar-refractivity contribution in [2.75, 3.05) is 0 Å². The van der Waals surface area contributed by atoms with Gasteiger partial charge in [-0.15, -0.1) is 11.3 Å². The van der Waals surface area contributed by atoms with Crippen molar-refractivity contribution in [1.29, 1.82) is 0 Å². The third-order valence-corrected chi connectivity index (χ3v) is 12.7. The first kappa shape index (κ1) is 35.0. The minimum atomic E-state index is 0.617. The van der Waals surface area contributed by atoms with Gasteiger partial charge in [0, 0.05) is 47.6 Å². The number of rotatable bonds is 6. The second-order valence-corrected chi connectivity index (χ2v) is 16.5. The molecular weight excluding hydrogens is 737 g/mol. The van der Waals surface area contributed by atoms with Crippen LogP contribution in [0.15, 0.2) is 176 Å². The van der Waals surface area contributed by atoms with Crippen molar-refractivity contribution in [2.24, 2.45) is 0 Å². The molecule has 3 heterocycles. The van der Waals surface area contributed by atoms with Gasteiger partial charge in [0.25, 0.3) is 0 Å². The minimum Gasteiger partial charge on any atom is -0.309 e. The van der Waals surface area contributed by atoms with Crippen molar-refractivity contribution in [2.45, 2.75) is 20.8 Å².